The van der Waals surface area contributed by atoms with Crippen LogP contribution in [-0.4, -0.2) is 15.9 Å². The zero-order chi connectivity index (χ0) is 13.8. The average Bonchev–Trinajstić information content (AvgIpc) is 2.39. The zero-order valence-corrected chi connectivity index (χ0v) is 10.6. The molecule has 1 aromatic heterocycles. The molecule has 1 aromatic carbocycles. The van der Waals surface area contributed by atoms with Crippen molar-refractivity contribution in [1.29, 1.82) is 5.26 Å². The fraction of sp³-hybridized carbons (Fsp3) is 0.143. The third kappa shape index (κ3) is 2.58. The smallest absolute Gasteiger partial charge is 0.259 e. The van der Waals surface area contributed by atoms with E-state index < -0.39 is 0 Å². The first-order chi connectivity index (χ1) is 9.13. The van der Waals surface area contributed by atoms with Gasteiger partial charge in [0.15, 0.2) is 0 Å². The van der Waals surface area contributed by atoms with E-state index in [-0.39, 0.29) is 5.91 Å². The van der Waals surface area contributed by atoms with Crippen molar-refractivity contribution in [3.63, 3.8) is 0 Å². The molecule has 0 aliphatic rings. The number of benzene rings is 1. The summed E-state index contributed by atoms with van der Waals surface area (Å²) in [6.45, 7) is 3.50. The number of carbonyl (C=O) groups excluding carboxylic acids is 1. The first kappa shape index (κ1) is 12.7. The van der Waals surface area contributed by atoms with Crippen molar-refractivity contribution in [3.05, 3.63) is 53.1 Å². The second-order valence-electron chi connectivity index (χ2n) is 4.03. The van der Waals surface area contributed by atoms with Crippen molar-refractivity contribution in [3.8, 4) is 6.07 Å². The molecule has 2 aromatic rings. The highest BCUT2D eigenvalue weighted by atomic mass is 16.1. The summed E-state index contributed by atoms with van der Waals surface area (Å²) in [6.07, 6.45) is 1.42. The molecule has 2 rings (SSSR count). The summed E-state index contributed by atoms with van der Waals surface area (Å²) in [6, 6.07) is 8.88. The van der Waals surface area contributed by atoms with Crippen LogP contribution in [-0.2, 0) is 0 Å². The maximum Gasteiger partial charge on any atom is 0.259 e. The molecule has 0 aliphatic heterocycles. The fourth-order valence-corrected chi connectivity index (χ4v) is 1.80. The van der Waals surface area contributed by atoms with Gasteiger partial charge in [-0.1, -0.05) is 12.1 Å². The van der Waals surface area contributed by atoms with Crippen LogP contribution in [0.1, 0.15) is 27.3 Å². The Labute approximate surface area is 110 Å². The molecule has 0 fully saturated rings. The molecule has 5 nitrogen and oxygen atoms in total. The van der Waals surface area contributed by atoms with E-state index in [2.05, 4.69) is 15.3 Å². The molecule has 0 aliphatic carbocycles. The standard InChI is InChI=1S/C14H12N4O/c1-9-13(10(2)17-8-16-9)14(19)18-12-6-4-3-5-11(12)7-15/h3-6,8H,1-2H3,(H,18,19). The summed E-state index contributed by atoms with van der Waals surface area (Å²) in [5, 5.41) is 11.7. The van der Waals surface area contributed by atoms with Crippen LogP contribution in [0.25, 0.3) is 0 Å². The topological polar surface area (TPSA) is 78.7 Å². The van der Waals surface area contributed by atoms with Gasteiger partial charge in [-0.15, -0.1) is 0 Å². The molecule has 0 saturated carbocycles. The van der Waals surface area contributed by atoms with Gasteiger partial charge < -0.3 is 5.32 Å². The number of aromatic nitrogens is 2. The molecular weight excluding hydrogens is 240 g/mol. The van der Waals surface area contributed by atoms with E-state index in [4.69, 9.17) is 5.26 Å². The Morgan fingerprint density at radius 2 is 1.84 bits per heavy atom. The van der Waals surface area contributed by atoms with Gasteiger partial charge in [-0.05, 0) is 26.0 Å². The third-order valence-corrected chi connectivity index (χ3v) is 2.75. The lowest BCUT2D eigenvalue weighted by Crippen LogP contribution is -2.17. The van der Waals surface area contributed by atoms with Crippen molar-refractivity contribution in [1.82, 2.24) is 9.97 Å². The summed E-state index contributed by atoms with van der Waals surface area (Å²) < 4.78 is 0. The highest BCUT2D eigenvalue weighted by molar-refractivity contribution is 6.06. The molecule has 1 heterocycles. The average molecular weight is 252 g/mol. The van der Waals surface area contributed by atoms with E-state index >= 15 is 0 Å². The Morgan fingerprint density at radius 1 is 1.21 bits per heavy atom. The normalized spacial score (nSPS) is 9.74. The van der Waals surface area contributed by atoms with E-state index in [9.17, 15) is 4.79 Å². The molecule has 0 saturated heterocycles. The van der Waals surface area contributed by atoms with Gasteiger partial charge in [0.25, 0.3) is 5.91 Å². The molecule has 94 valence electrons. The molecule has 0 radical (unpaired) electrons. The van der Waals surface area contributed by atoms with Crippen LogP contribution in [0.3, 0.4) is 0 Å². The third-order valence-electron chi connectivity index (χ3n) is 2.75. The number of hydrogen-bond acceptors (Lipinski definition) is 4. The summed E-state index contributed by atoms with van der Waals surface area (Å²) in [4.78, 5) is 20.2. The Balaban J connectivity index is 2.35. The predicted octanol–water partition coefficient (Wildman–Crippen LogP) is 2.22. The van der Waals surface area contributed by atoms with Crippen molar-refractivity contribution < 1.29 is 4.79 Å². The second kappa shape index (κ2) is 5.27. The first-order valence-electron chi connectivity index (χ1n) is 5.72. The van der Waals surface area contributed by atoms with Gasteiger partial charge in [0, 0.05) is 0 Å². The summed E-state index contributed by atoms with van der Waals surface area (Å²) in [5.41, 5.74) is 2.56. The lowest BCUT2D eigenvalue weighted by molar-refractivity contribution is 0.102. The van der Waals surface area contributed by atoms with Crippen LogP contribution in [0.2, 0.25) is 0 Å². The summed E-state index contributed by atoms with van der Waals surface area (Å²) in [5.74, 6) is -0.307. The molecule has 0 bridgehead atoms. The van der Waals surface area contributed by atoms with Crippen LogP contribution >= 0.6 is 0 Å². The lowest BCUT2D eigenvalue weighted by Gasteiger charge is -2.09. The molecule has 19 heavy (non-hydrogen) atoms. The highest BCUT2D eigenvalue weighted by Gasteiger charge is 2.15. The first-order valence-corrected chi connectivity index (χ1v) is 5.72. The van der Waals surface area contributed by atoms with E-state index in [1.54, 1.807) is 38.1 Å². The minimum absolute atomic E-state index is 0.307. The monoisotopic (exact) mass is 252 g/mol. The molecule has 0 unspecified atom stereocenters. The molecule has 0 spiro atoms. The number of rotatable bonds is 2. The van der Waals surface area contributed by atoms with Crippen molar-refractivity contribution in [2.24, 2.45) is 0 Å². The van der Waals surface area contributed by atoms with Crippen LogP contribution in [0.4, 0.5) is 5.69 Å². The minimum atomic E-state index is -0.307. The highest BCUT2D eigenvalue weighted by Crippen LogP contribution is 2.16. The second-order valence-corrected chi connectivity index (χ2v) is 4.03. The fourth-order valence-electron chi connectivity index (χ4n) is 1.80. The van der Waals surface area contributed by atoms with Crippen molar-refractivity contribution >= 4 is 11.6 Å². The number of aryl methyl sites for hydroxylation is 2. The maximum absolute atomic E-state index is 12.2. The quantitative estimate of drug-likeness (QED) is 0.888. The largest absolute Gasteiger partial charge is 0.321 e. The van der Waals surface area contributed by atoms with E-state index in [0.29, 0.717) is 28.2 Å². The van der Waals surface area contributed by atoms with Crippen molar-refractivity contribution in [2.45, 2.75) is 13.8 Å². The number of para-hydroxylation sites is 1. The number of carbonyl (C=O) groups is 1. The Hall–Kier alpha value is -2.74. The molecule has 0 atom stereocenters. The number of hydrogen-bond donors (Lipinski definition) is 1. The van der Waals surface area contributed by atoms with E-state index in [1.165, 1.54) is 6.33 Å². The number of amides is 1. The number of nitrogens with one attached hydrogen (secondary N) is 1. The SMILES string of the molecule is Cc1ncnc(C)c1C(=O)Nc1ccccc1C#N. The Morgan fingerprint density at radius 3 is 2.47 bits per heavy atom. The van der Waals surface area contributed by atoms with Gasteiger partial charge in [-0.3, -0.25) is 4.79 Å². The molecular formula is C14H12N4O. The minimum Gasteiger partial charge on any atom is -0.321 e. The lowest BCUT2D eigenvalue weighted by atomic mass is 10.1. The van der Waals surface area contributed by atoms with Gasteiger partial charge in [0.1, 0.15) is 12.4 Å². The van der Waals surface area contributed by atoms with Crippen molar-refractivity contribution in [2.75, 3.05) is 5.32 Å². The van der Waals surface area contributed by atoms with Crippen LogP contribution in [0, 0.1) is 25.2 Å². The predicted molar refractivity (Wildman–Crippen MR) is 70.6 cm³/mol. The molecule has 5 heteroatoms. The molecule has 1 amide bonds. The zero-order valence-electron chi connectivity index (χ0n) is 10.6. The van der Waals surface area contributed by atoms with E-state index in [0.717, 1.165) is 0 Å². The number of nitriles is 1. The van der Waals surface area contributed by atoms with Crippen LogP contribution in [0.5, 0.6) is 0 Å². The van der Waals surface area contributed by atoms with Crippen LogP contribution in [0.15, 0.2) is 30.6 Å². The van der Waals surface area contributed by atoms with Crippen LogP contribution < -0.4 is 5.32 Å². The Bertz CT molecular complexity index is 653. The van der Waals surface area contributed by atoms with Gasteiger partial charge >= 0.3 is 0 Å². The van der Waals surface area contributed by atoms with Gasteiger partial charge in [0.2, 0.25) is 0 Å². The summed E-state index contributed by atoms with van der Waals surface area (Å²) >= 11 is 0. The number of anilines is 1. The maximum atomic E-state index is 12.2. The van der Waals surface area contributed by atoms with Gasteiger partial charge in [-0.25, -0.2) is 9.97 Å². The molecule has 1 N–H and O–H groups in total. The summed E-state index contributed by atoms with van der Waals surface area (Å²) in [7, 11) is 0. The van der Waals surface area contributed by atoms with E-state index in [1.807, 2.05) is 6.07 Å². The van der Waals surface area contributed by atoms with Gasteiger partial charge in [0.05, 0.1) is 28.2 Å². The van der Waals surface area contributed by atoms with Gasteiger partial charge in [-0.2, -0.15) is 5.26 Å². The Kier molecular flexibility index (Phi) is 3.53. The number of nitrogens with zero attached hydrogens (tertiary/aromatic N) is 3.